The molecule has 0 aromatic heterocycles. The first-order chi connectivity index (χ1) is 24.8. The highest BCUT2D eigenvalue weighted by atomic mass is 35.5. The fourth-order valence-corrected chi connectivity index (χ4v) is 6.23. The third-order valence-corrected chi connectivity index (χ3v) is 9.07. The molecule has 0 bridgehead atoms. The van der Waals surface area contributed by atoms with E-state index in [4.69, 9.17) is 11.6 Å². The molecule has 51 heavy (non-hydrogen) atoms. The molecular weight excluding hydrogens is 666 g/mol. The number of aromatic hydroxyl groups is 1. The summed E-state index contributed by atoms with van der Waals surface area (Å²) in [6.45, 7) is 2.77. The van der Waals surface area contributed by atoms with E-state index in [1.54, 1.807) is 24.3 Å². The fraction of sp³-hybridized carbons (Fsp3) is 0.300. The van der Waals surface area contributed by atoms with Crippen molar-refractivity contribution in [3.05, 3.63) is 111 Å². The molecule has 264 valence electrons. The number of carbonyl (C=O) groups is 2. The van der Waals surface area contributed by atoms with Crippen LogP contribution in [0.3, 0.4) is 0 Å². The number of phenols is 1. The van der Waals surface area contributed by atoms with Crippen LogP contribution in [-0.2, 0) is 0 Å². The summed E-state index contributed by atoms with van der Waals surface area (Å²) in [6.07, 6.45) is 12.0. The number of carbonyl (C=O) groups excluding carboxylic acids is 2. The van der Waals surface area contributed by atoms with E-state index in [0.717, 1.165) is 36.1 Å². The van der Waals surface area contributed by atoms with Crippen LogP contribution in [0, 0.1) is 10.1 Å². The highest BCUT2D eigenvalue weighted by molar-refractivity contribution is 6.30. The van der Waals surface area contributed by atoms with E-state index in [0.29, 0.717) is 28.6 Å². The molecule has 0 spiro atoms. The zero-order valence-electron chi connectivity index (χ0n) is 28.7. The van der Waals surface area contributed by atoms with Gasteiger partial charge in [0.15, 0.2) is 11.4 Å². The lowest BCUT2D eigenvalue weighted by molar-refractivity contribution is -0.384. The number of benzene rings is 5. The minimum absolute atomic E-state index is 0.0860. The SMILES string of the molecule is CCCCCCCCCCCCNC(=O)c1ccc2c(N=Nc3ccc(Cl)cc3[N+](=O)[O-])c(O)c(C(=O)Nc3cccc4ccccc34)cc2c1. The van der Waals surface area contributed by atoms with Gasteiger partial charge in [-0.25, -0.2) is 0 Å². The van der Waals surface area contributed by atoms with Gasteiger partial charge in [0.1, 0.15) is 5.69 Å². The molecule has 5 aromatic carbocycles. The third-order valence-electron chi connectivity index (χ3n) is 8.84. The number of rotatable bonds is 17. The Kier molecular flexibility index (Phi) is 13.1. The molecule has 3 N–H and O–H groups in total. The predicted molar refractivity (Wildman–Crippen MR) is 204 cm³/mol. The first-order valence-corrected chi connectivity index (χ1v) is 17.9. The van der Waals surface area contributed by atoms with Crippen molar-refractivity contribution in [1.29, 1.82) is 0 Å². The van der Waals surface area contributed by atoms with Crippen molar-refractivity contribution >= 4 is 67.7 Å². The van der Waals surface area contributed by atoms with Crippen molar-refractivity contribution in [2.75, 3.05) is 11.9 Å². The van der Waals surface area contributed by atoms with Crippen LogP contribution in [-0.4, -0.2) is 28.4 Å². The molecule has 0 aliphatic carbocycles. The predicted octanol–water partition coefficient (Wildman–Crippen LogP) is 11.6. The number of nitro benzene ring substituents is 1. The van der Waals surface area contributed by atoms with Gasteiger partial charge < -0.3 is 15.7 Å². The molecule has 5 aromatic rings. The highest BCUT2D eigenvalue weighted by Crippen LogP contribution is 2.41. The summed E-state index contributed by atoms with van der Waals surface area (Å²) in [5.74, 6) is -1.35. The van der Waals surface area contributed by atoms with Gasteiger partial charge in [-0.1, -0.05) is 119 Å². The zero-order valence-corrected chi connectivity index (χ0v) is 29.4. The molecule has 0 atom stereocenters. The Bertz CT molecular complexity index is 2060. The molecule has 0 unspecified atom stereocenters. The number of halogens is 1. The molecule has 0 fully saturated rings. The van der Waals surface area contributed by atoms with Gasteiger partial charge in [0, 0.05) is 39.7 Å². The molecule has 2 amide bonds. The lowest BCUT2D eigenvalue weighted by Crippen LogP contribution is -2.24. The Morgan fingerprint density at radius 3 is 2.22 bits per heavy atom. The van der Waals surface area contributed by atoms with Gasteiger partial charge in [-0.3, -0.25) is 19.7 Å². The van der Waals surface area contributed by atoms with Crippen molar-refractivity contribution in [1.82, 2.24) is 5.32 Å². The van der Waals surface area contributed by atoms with E-state index >= 15 is 0 Å². The Morgan fingerprint density at radius 1 is 0.765 bits per heavy atom. The summed E-state index contributed by atoms with van der Waals surface area (Å²) < 4.78 is 0. The van der Waals surface area contributed by atoms with E-state index < -0.39 is 16.6 Å². The second-order valence-electron chi connectivity index (χ2n) is 12.6. The summed E-state index contributed by atoms with van der Waals surface area (Å²) in [7, 11) is 0. The first kappa shape index (κ1) is 36.9. The summed E-state index contributed by atoms with van der Waals surface area (Å²) in [5, 5.41) is 40.0. The Hall–Kier alpha value is -5.35. The van der Waals surface area contributed by atoms with Gasteiger partial charge in [0.05, 0.1) is 10.5 Å². The lowest BCUT2D eigenvalue weighted by Gasteiger charge is -2.13. The average molecular weight is 708 g/mol. The number of phenolic OH excluding ortho intramolecular Hbond substituents is 1. The van der Waals surface area contributed by atoms with Crippen LogP contribution in [0.5, 0.6) is 5.75 Å². The van der Waals surface area contributed by atoms with Gasteiger partial charge >= 0.3 is 0 Å². The standard InChI is InChI=1S/C40H42ClN5O5/c1-2-3-4-5-6-7-8-9-10-13-23-42-39(48)28-19-21-32-29(24-28)25-33(40(49)43-34-18-14-16-27-15-11-12-17-31(27)34)38(47)37(32)45-44-35-22-20-30(41)26-36(35)46(50)51/h11-12,14-22,24-26,47H,2-10,13,23H2,1H3,(H,42,48)(H,43,49). The smallest absolute Gasteiger partial charge is 0.298 e. The van der Waals surface area contributed by atoms with E-state index in [-0.39, 0.29) is 33.6 Å². The molecule has 0 aliphatic heterocycles. The number of azo groups is 1. The number of nitrogens with zero attached hydrogens (tertiary/aromatic N) is 3. The molecule has 0 aliphatic rings. The molecule has 11 heteroatoms. The number of fused-ring (bicyclic) bond motifs is 2. The van der Waals surface area contributed by atoms with Crippen molar-refractivity contribution in [2.24, 2.45) is 10.2 Å². The molecule has 0 saturated heterocycles. The molecule has 0 saturated carbocycles. The molecule has 5 rings (SSSR count). The Balaban J connectivity index is 1.38. The number of hydrogen-bond donors (Lipinski definition) is 3. The number of unbranched alkanes of at least 4 members (excludes halogenated alkanes) is 9. The van der Waals surface area contributed by atoms with Gasteiger partial charge in [-0.15, -0.1) is 10.2 Å². The van der Waals surface area contributed by atoms with Crippen LogP contribution in [0.4, 0.5) is 22.7 Å². The summed E-state index contributed by atoms with van der Waals surface area (Å²) in [4.78, 5) is 38.0. The molecular formula is C40H42ClN5O5. The van der Waals surface area contributed by atoms with Crippen molar-refractivity contribution < 1.29 is 19.6 Å². The second-order valence-corrected chi connectivity index (χ2v) is 13.0. The van der Waals surface area contributed by atoms with Crippen LogP contribution in [0.15, 0.2) is 95.2 Å². The largest absolute Gasteiger partial charge is 0.505 e. The van der Waals surface area contributed by atoms with Gasteiger partial charge in [-0.2, -0.15) is 0 Å². The highest BCUT2D eigenvalue weighted by Gasteiger charge is 2.21. The maximum absolute atomic E-state index is 13.7. The van der Waals surface area contributed by atoms with E-state index in [9.17, 15) is 24.8 Å². The zero-order chi connectivity index (χ0) is 36.2. The molecule has 10 nitrogen and oxygen atoms in total. The van der Waals surface area contributed by atoms with Crippen molar-refractivity contribution in [2.45, 2.75) is 71.1 Å². The van der Waals surface area contributed by atoms with E-state index in [1.165, 1.54) is 63.1 Å². The van der Waals surface area contributed by atoms with Gasteiger partial charge in [0.25, 0.3) is 17.5 Å². The van der Waals surface area contributed by atoms with Crippen molar-refractivity contribution in [3.63, 3.8) is 0 Å². The van der Waals surface area contributed by atoms with Gasteiger partial charge in [0.2, 0.25) is 0 Å². The van der Waals surface area contributed by atoms with Crippen LogP contribution < -0.4 is 10.6 Å². The summed E-state index contributed by atoms with van der Waals surface area (Å²) in [6, 6.07) is 23.4. The minimum atomic E-state index is -0.632. The first-order valence-electron chi connectivity index (χ1n) is 17.5. The fourth-order valence-electron chi connectivity index (χ4n) is 6.06. The monoisotopic (exact) mass is 707 g/mol. The molecule has 0 heterocycles. The normalized spacial score (nSPS) is 11.3. The van der Waals surface area contributed by atoms with Crippen LogP contribution >= 0.6 is 11.6 Å². The van der Waals surface area contributed by atoms with E-state index in [2.05, 4.69) is 27.8 Å². The Labute approximate surface area is 302 Å². The molecule has 0 radical (unpaired) electrons. The maximum atomic E-state index is 13.7. The quantitative estimate of drug-likeness (QED) is 0.0381. The van der Waals surface area contributed by atoms with Gasteiger partial charge in [-0.05, 0) is 53.6 Å². The summed E-state index contributed by atoms with van der Waals surface area (Å²) in [5.41, 5.74) is 0.247. The van der Waals surface area contributed by atoms with E-state index in [1.807, 2.05) is 36.4 Å². The minimum Gasteiger partial charge on any atom is -0.505 e. The number of hydrogen-bond acceptors (Lipinski definition) is 7. The van der Waals surface area contributed by atoms with Crippen LogP contribution in [0.1, 0.15) is 91.8 Å². The number of anilines is 1. The summed E-state index contributed by atoms with van der Waals surface area (Å²) >= 11 is 5.97. The van der Waals surface area contributed by atoms with Crippen molar-refractivity contribution in [3.8, 4) is 5.75 Å². The number of nitro groups is 1. The van der Waals surface area contributed by atoms with Crippen LogP contribution in [0.25, 0.3) is 21.5 Å². The second kappa shape index (κ2) is 18.1. The number of amides is 2. The maximum Gasteiger partial charge on any atom is 0.298 e. The van der Waals surface area contributed by atoms with Crippen LogP contribution in [0.2, 0.25) is 5.02 Å². The topological polar surface area (TPSA) is 146 Å². The number of nitrogens with one attached hydrogen (secondary N) is 2. The average Bonchev–Trinajstić information content (AvgIpc) is 3.13. The lowest BCUT2D eigenvalue weighted by atomic mass is 10.00. The Morgan fingerprint density at radius 2 is 1.47 bits per heavy atom. The third kappa shape index (κ3) is 9.67.